The van der Waals surface area contributed by atoms with Crippen LogP contribution in [0.15, 0.2) is 18.3 Å². The maximum absolute atomic E-state index is 12.9. The Morgan fingerprint density at radius 1 is 1.43 bits per heavy atom. The van der Waals surface area contributed by atoms with Gasteiger partial charge in [-0.1, -0.05) is 0 Å². The van der Waals surface area contributed by atoms with E-state index < -0.39 is 0 Å². The highest BCUT2D eigenvalue weighted by Gasteiger charge is 2.25. The predicted octanol–water partition coefficient (Wildman–Crippen LogP) is 2.92. The zero-order valence-electron chi connectivity index (χ0n) is 13.8. The molecule has 1 unspecified atom stereocenters. The van der Waals surface area contributed by atoms with E-state index in [9.17, 15) is 4.79 Å². The zero-order valence-corrected chi connectivity index (χ0v) is 13.8. The van der Waals surface area contributed by atoms with Crippen LogP contribution in [0.5, 0.6) is 0 Å². The van der Waals surface area contributed by atoms with Gasteiger partial charge in [0.25, 0.3) is 5.91 Å². The molecule has 1 aliphatic heterocycles. The first kappa shape index (κ1) is 16.1. The summed E-state index contributed by atoms with van der Waals surface area (Å²) in [4.78, 5) is 15.0. The Morgan fingerprint density at radius 3 is 2.76 bits per heavy atom. The molecule has 1 amide bonds. The SMILES string of the molecule is CC(C)N(CC1CCCNC1)C(=O)c1cccn1C(C)C. The highest BCUT2D eigenvalue weighted by molar-refractivity contribution is 5.93. The Bertz CT molecular complexity index is 458. The van der Waals surface area contributed by atoms with Crippen molar-refractivity contribution in [1.82, 2.24) is 14.8 Å². The van der Waals surface area contributed by atoms with Crippen molar-refractivity contribution < 1.29 is 4.79 Å². The summed E-state index contributed by atoms with van der Waals surface area (Å²) in [5.41, 5.74) is 0.808. The lowest BCUT2D eigenvalue weighted by atomic mass is 9.98. The van der Waals surface area contributed by atoms with Crippen LogP contribution in [0.25, 0.3) is 0 Å². The lowest BCUT2D eigenvalue weighted by molar-refractivity contribution is 0.0648. The first-order valence-corrected chi connectivity index (χ1v) is 8.19. The summed E-state index contributed by atoms with van der Waals surface area (Å²) in [6.07, 6.45) is 4.43. The molecule has 0 saturated carbocycles. The minimum atomic E-state index is 0.161. The van der Waals surface area contributed by atoms with Gasteiger partial charge in [-0.15, -0.1) is 0 Å². The van der Waals surface area contributed by atoms with E-state index in [1.807, 2.05) is 23.2 Å². The van der Waals surface area contributed by atoms with Crippen LogP contribution < -0.4 is 5.32 Å². The van der Waals surface area contributed by atoms with Crippen molar-refractivity contribution in [3.63, 3.8) is 0 Å². The van der Waals surface area contributed by atoms with Gasteiger partial charge in [0.05, 0.1) is 0 Å². The number of hydrogen-bond acceptors (Lipinski definition) is 2. The van der Waals surface area contributed by atoms with Gasteiger partial charge >= 0.3 is 0 Å². The topological polar surface area (TPSA) is 37.3 Å². The van der Waals surface area contributed by atoms with Crippen molar-refractivity contribution in [3.05, 3.63) is 24.0 Å². The fourth-order valence-electron chi connectivity index (χ4n) is 3.06. The second kappa shape index (κ2) is 7.12. The second-order valence-electron chi connectivity index (χ2n) is 6.66. The standard InChI is InChI=1S/C17H29N3O/c1-13(2)19-10-6-8-16(19)17(21)20(14(3)4)12-15-7-5-9-18-11-15/h6,8,10,13-15,18H,5,7,9,11-12H2,1-4H3. The Morgan fingerprint density at radius 2 is 2.19 bits per heavy atom. The molecular weight excluding hydrogens is 262 g/mol. The number of carbonyl (C=O) groups is 1. The van der Waals surface area contributed by atoms with Gasteiger partial charge in [-0.3, -0.25) is 4.79 Å². The Balaban J connectivity index is 2.13. The van der Waals surface area contributed by atoms with E-state index in [4.69, 9.17) is 0 Å². The van der Waals surface area contributed by atoms with Crippen molar-refractivity contribution in [2.75, 3.05) is 19.6 Å². The average molecular weight is 291 g/mol. The van der Waals surface area contributed by atoms with Gasteiger partial charge in [-0.05, 0) is 71.7 Å². The zero-order chi connectivity index (χ0) is 15.4. The van der Waals surface area contributed by atoms with Crippen LogP contribution in [-0.4, -0.2) is 41.1 Å². The fourth-order valence-corrected chi connectivity index (χ4v) is 3.06. The van der Waals surface area contributed by atoms with Gasteiger partial charge in [0.1, 0.15) is 5.69 Å². The number of nitrogens with zero attached hydrogens (tertiary/aromatic N) is 2. The molecular formula is C17H29N3O. The lowest BCUT2D eigenvalue weighted by Crippen LogP contribution is -2.44. The molecule has 0 aliphatic carbocycles. The summed E-state index contributed by atoms with van der Waals surface area (Å²) in [6.45, 7) is 11.4. The third-order valence-corrected chi connectivity index (χ3v) is 4.29. The second-order valence-corrected chi connectivity index (χ2v) is 6.66. The van der Waals surface area contributed by atoms with Crippen molar-refractivity contribution in [3.8, 4) is 0 Å². The van der Waals surface area contributed by atoms with E-state index in [0.29, 0.717) is 12.0 Å². The molecule has 0 aromatic carbocycles. The fraction of sp³-hybridized carbons (Fsp3) is 0.706. The Kier molecular flexibility index (Phi) is 5.45. The lowest BCUT2D eigenvalue weighted by Gasteiger charge is -2.33. The van der Waals surface area contributed by atoms with E-state index in [2.05, 4.69) is 37.6 Å². The van der Waals surface area contributed by atoms with Gasteiger partial charge in [-0.25, -0.2) is 0 Å². The van der Waals surface area contributed by atoms with Gasteiger partial charge in [0, 0.05) is 24.8 Å². The van der Waals surface area contributed by atoms with Crippen LogP contribution in [0.1, 0.15) is 57.1 Å². The van der Waals surface area contributed by atoms with Gasteiger partial charge in [0.15, 0.2) is 0 Å². The molecule has 2 heterocycles. The maximum Gasteiger partial charge on any atom is 0.270 e. The average Bonchev–Trinajstić information content (AvgIpc) is 2.94. The van der Waals surface area contributed by atoms with Crippen LogP contribution in [-0.2, 0) is 0 Å². The monoisotopic (exact) mass is 291 g/mol. The van der Waals surface area contributed by atoms with E-state index in [0.717, 1.165) is 25.3 Å². The minimum Gasteiger partial charge on any atom is -0.341 e. The number of amides is 1. The molecule has 4 nitrogen and oxygen atoms in total. The van der Waals surface area contributed by atoms with Crippen LogP contribution >= 0.6 is 0 Å². The number of piperidine rings is 1. The molecule has 1 N–H and O–H groups in total. The quantitative estimate of drug-likeness (QED) is 0.905. The van der Waals surface area contributed by atoms with Crippen molar-refractivity contribution in [2.24, 2.45) is 5.92 Å². The van der Waals surface area contributed by atoms with Crippen LogP contribution in [0.3, 0.4) is 0 Å². The smallest absolute Gasteiger partial charge is 0.270 e. The molecule has 1 atom stereocenters. The highest BCUT2D eigenvalue weighted by atomic mass is 16.2. The summed E-state index contributed by atoms with van der Waals surface area (Å²) in [5, 5.41) is 3.44. The molecule has 21 heavy (non-hydrogen) atoms. The van der Waals surface area contributed by atoms with E-state index in [-0.39, 0.29) is 11.9 Å². The number of hydrogen-bond donors (Lipinski definition) is 1. The van der Waals surface area contributed by atoms with E-state index in [1.54, 1.807) is 0 Å². The molecule has 4 heteroatoms. The number of carbonyl (C=O) groups excluding carboxylic acids is 1. The van der Waals surface area contributed by atoms with Crippen LogP contribution in [0.4, 0.5) is 0 Å². The Hall–Kier alpha value is -1.29. The van der Waals surface area contributed by atoms with Gasteiger partial charge in [-0.2, -0.15) is 0 Å². The third kappa shape index (κ3) is 3.88. The predicted molar refractivity (Wildman–Crippen MR) is 86.6 cm³/mol. The maximum atomic E-state index is 12.9. The third-order valence-electron chi connectivity index (χ3n) is 4.29. The van der Waals surface area contributed by atoms with Gasteiger partial charge in [0.2, 0.25) is 0 Å². The Labute approximate surface area is 128 Å². The normalized spacial score (nSPS) is 19.2. The molecule has 1 aliphatic rings. The molecule has 118 valence electrons. The van der Waals surface area contributed by atoms with Crippen molar-refractivity contribution in [1.29, 1.82) is 0 Å². The molecule has 1 fully saturated rings. The number of nitrogens with one attached hydrogen (secondary N) is 1. The summed E-state index contributed by atoms with van der Waals surface area (Å²) >= 11 is 0. The highest BCUT2D eigenvalue weighted by Crippen LogP contribution is 2.18. The molecule has 0 radical (unpaired) electrons. The number of rotatable bonds is 5. The molecule has 1 aromatic rings. The molecule has 1 aromatic heterocycles. The van der Waals surface area contributed by atoms with Crippen LogP contribution in [0, 0.1) is 5.92 Å². The summed E-state index contributed by atoms with van der Waals surface area (Å²) < 4.78 is 2.07. The molecule has 1 saturated heterocycles. The molecule has 0 bridgehead atoms. The first-order chi connectivity index (χ1) is 10.0. The van der Waals surface area contributed by atoms with Crippen molar-refractivity contribution >= 4 is 5.91 Å². The van der Waals surface area contributed by atoms with E-state index in [1.165, 1.54) is 12.8 Å². The summed E-state index contributed by atoms with van der Waals surface area (Å²) in [6, 6.07) is 4.45. The van der Waals surface area contributed by atoms with Crippen molar-refractivity contribution in [2.45, 2.75) is 52.6 Å². The summed E-state index contributed by atoms with van der Waals surface area (Å²) in [7, 11) is 0. The first-order valence-electron chi connectivity index (χ1n) is 8.19. The van der Waals surface area contributed by atoms with Crippen LogP contribution in [0.2, 0.25) is 0 Å². The number of aromatic nitrogens is 1. The largest absolute Gasteiger partial charge is 0.341 e. The molecule has 0 spiro atoms. The molecule has 2 rings (SSSR count). The summed E-state index contributed by atoms with van der Waals surface area (Å²) in [5.74, 6) is 0.738. The van der Waals surface area contributed by atoms with E-state index >= 15 is 0 Å². The van der Waals surface area contributed by atoms with Gasteiger partial charge < -0.3 is 14.8 Å². The minimum absolute atomic E-state index is 0.161.